The highest BCUT2D eigenvalue weighted by atomic mass is 32.1. The van der Waals surface area contributed by atoms with E-state index in [4.69, 9.17) is 0 Å². The SMILES string of the molecule is Cc1ccc(CNC(=O)c2nnc(CN3C(=O)NC(C)(c4ccc(F)cc4)C3=O)s2)cc1. The highest BCUT2D eigenvalue weighted by Crippen LogP contribution is 2.30. The Bertz CT molecular complexity index is 1180. The van der Waals surface area contributed by atoms with E-state index in [1.54, 1.807) is 6.92 Å². The maximum atomic E-state index is 13.2. The van der Waals surface area contributed by atoms with E-state index < -0.39 is 23.3 Å². The van der Waals surface area contributed by atoms with Crippen LogP contribution in [0.15, 0.2) is 48.5 Å². The molecule has 0 aliphatic carbocycles. The van der Waals surface area contributed by atoms with E-state index >= 15 is 0 Å². The van der Waals surface area contributed by atoms with Gasteiger partial charge in [0.15, 0.2) is 0 Å². The van der Waals surface area contributed by atoms with E-state index in [9.17, 15) is 18.8 Å². The van der Waals surface area contributed by atoms with Gasteiger partial charge in [-0.25, -0.2) is 9.18 Å². The quantitative estimate of drug-likeness (QED) is 0.559. The zero-order valence-electron chi connectivity index (χ0n) is 17.4. The van der Waals surface area contributed by atoms with Crippen molar-refractivity contribution < 1.29 is 18.8 Å². The van der Waals surface area contributed by atoms with Crippen LogP contribution >= 0.6 is 11.3 Å². The van der Waals surface area contributed by atoms with Crippen LogP contribution in [-0.4, -0.2) is 32.9 Å². The van der Waals surface area contributed by atoms with Crippen LogP contribution in [0.4, 0.5) is 9.18 Å². The topological polar surface area (TPSA) is 104 Å². The van der Waals surface area contributed by atoms with Crippen LogP contribution in [0.2, 0.25) is 0 Å². The normalized spacial score (nSPS) is 18.0. The Morgan fingerprint density at radius 1 is 1.12 bits per heavy atom. The van der Waals surface area contributed by atoms with Crippen molar-refractivity contribution in [3.63, 3.8) is 0 Å². The second-order valence-corrected chi connectivity index (χ2v) is 8.68. The lowest BCUT2D eigenvalue weighted by molar-refractivity contribution is -0.131. The van der Waals surface area contributed by atoms with Crippen molar-refractivity contribution in [1.82, 2.24) is 25.7 Å². The number of nitrogens with one attached hydrogen (secondary N) is 2. The first-order valence-electron chi connectivity index (χ1n) is 9.82. The Hall–Kier alpha value is -3.66. The number of hydrogen-bond donors (Lipinski definition) is 2. The molecule has 4 amide bonds. The number of aromatic nitrogens is 2. The summed E-state index contributed by atoms with van der Waals surface area (Å²) in [6, 6.07) is 12.6. The third-order valence-corrected chi connectivity index (χ3v) is 6.13. The minimum Gasteiger partial charge on any atom is -0.346 e. The van der Waals surface area contributed by atoms with Gasteiger partial charge in [0.25, 0.3) is 11.8 Å². The maximum Gasteiger partial charge on any atom is 0.325 e. The molecule has 8 nitrogen and oxygen atoms in total. The largest absolute Gasteiger partial charge is 0.346 e. The molecule has 2 heterocycles. The fourth-order valence-electron chi connectivity index (χ4n) is 3.33. The van der Waals surface area contributed by atoms with Crippen LogP contribution in [-0.2, 0) is 23.4 Å². The molecule has 164 valence electrons. The number of benzene rings is 2. The Kier molecular flexibility index (Phi) is 5.70. The summed E-state index contributed by atoms with van der Waals surface area (Å²) < 4.78 is 13.2. The molecular weight excluding hydrogens is 433 g/mol. The molecule has 1 aromatic heterocycles. The molecule has 1 atom stereocenters. The van der Waals surface area contributed by atoms with Crippen molar-refractivity contribution in [3.05, 3.63) is 81.1 Å². The van der Waals surface area contributed by atoms with Gasteiger partial charge in [0.05, 0.1) is 6.54 Å². The van der Waals surface area contributed by atoms with Gasteiger partial charge in [-0.15, -0.1) is 10.2 Å². The fourth-order valence-corrected chi connectivity index (χ4v) is 4.07. The Balaban J connectivity index is 1.42. The van der Waals surface area contributed by atoms with Crippen LogP contribution in [0.1, 0.15) is 38.4 Å². The van der Waals surface area contributed by atoms with Crippen molar-refractivity contribution in [1.29, 1.82) is 0 Å². The van der Waals surface area contributed by atoms with E-state index in [-0.39, 0.29) is 17.5 Å². The van der Waals surface area contributed by atoms with Crippen molar-refractivity contribution in [2.24, 2.45) is 0 Å². The number of amides is 4. The van der Waals surface area contributed by atoms with Gasteiger partial charge in [-0.05, 0) is 37.1 Å². The number of hydrogen-bond acceptors (Lipinski definition) is 6. The van der Waals surface area contributed by atoms with Crippen LogP contribution in [0, 0.1) is 12.7 Å². The van der Waals surface area contributed by atoms with E-state index in [0.29, 0.717) is 17.1 Å². The van der Waals surface area contributed by atoms with Gasteiger partial charge >= 0.3 is 6.03 Å². The van der Waals surface area contributed by atoms with E-state index in [1.165, 1.54) is 24.3 Å². The molecule has 1 aliphatic heterocycles. The predicted octanol–water partition coefficient (Wildman–Crippen LogP) is 2.88. The van der Waals surface area contributed by atoms with Crippen LogP contribution in [0.5, 0.6) is 0 Å². The van der Waals surface area contributed by atoms with Gasteiger partial charge in [0.1, 0.15) is 16.4 Å². The van der Waals surface area contributed by atoms with E-state index in [0.717, 1.165) is 27.4 Å². The number of nitrogens with zero attached hydrogens (tertiary/aromatic N) is 3. The first kappa shape index (κ1) is 21.6. The molecule has 0 radical (unpaired) electrons. The third-order valence-electron chi connectivity index (χ3n) is 5.22. The van der Waals surface area contributed by atoms with Gasteiger partial charge in [-0.1, -0.05) is 53.3 Å². The smallest absolute Gasteiger partial charge is 0.325 e. The average Bonchev–Trinajstić information content (AvgIpc) is 3.33. The Labute approximate surface area is 187 Å². The lowest BCUT2D eigenvalue weighted by atomic mass is 9.92. The van der Waals surface area contributed by atoms with Crippen LogP contribution in [0.3, 0.4) is 0 Å². The molecule has 0 bridgehead atoms. The summed E-state index contributed by atoms with van der Waals surface area (Å²) in [4.78, 5) is 38.8. The molecule has 10 heteroatoms. The summed E-state index contributed by atoms with van der Waals surface area (Å²) in [5.74, 6) is -1.31. The van der Waals surface area contributed by atoms with Crippen molar-refractivity contribution in [2.75, 3.05) is 0 Å². The molecule has 1 fully saturated rings. The maximum absolute atomic E-state index is 13.2. The zero-order valence-corrected chi connectivity index (χ0v) is 18.2. The highest BCUT2D eigenvalue weighted by Gasteiger charge is 2.49. The summed E-state index contributed by atoms with van der Waals surface area (Å²) in [6.45, 7) is 3.77. The zero-order chi connectivity index (χ0) is 22.9. The molecule has 4 rings (SSSR count). The summed E-state index contributed by atoms with van der Waals surface area (Å²) in [7, 11) is 0. The molecule has 0 spiro atoms. The number of carbonyl (C=O) groups is 3. The Morgan fingerprint density at radius 2 is 1.81 bits per heavy atom. The van der Waals surface area contributed by atoms with E-state index in [2.05, 4.69) is 20.8 Å². The summed E-state index contributed by atoms with van der Waals surface area (Å²) in [5.41, 5.74) is 1.23. The molecule has 2 N–H and O–H groups in total. The number of urea groups is 1. The van der Waals surface area contributed by atoms with Gasteiger partial charge in [0, 0.05) is 6.54 Å². The van der Waals surface area contributed by atoms with Crippen LogP contribution < -0.4 is 10.6 Å². The predicted molar refractivity (Wildman–Crippen MR) is 115 cm³/mol. The van der Waals surface area contributed by atoms with Crippen molar-refractivity contribution in [2.45, 2.75) is 32.5 Å². The average molecular weight is 453 g/mol. The Morgan fingerprint density at radius 3 is 2.50 bits per heavy atom. The first-order valence-corrected chi connectivity index (χ1v) is 10.6. The molecule has 1 saturated heterocycles. The molecule has 2 aromatic carbocycles. The van der Waals surface area contributed by atoms with E-state index in [1.807, 2.05) is 31.2 Å². The second-order valence-electron chi connectivity index (χ2n) is 7.62. The number of halogens is 1. The first-order chi connectivity index (χ1) is 15.3. The molecule has 1 unspecified atom stereocenters. The second kappa shape index (κ2) is 8.46. The van der Waals surface area contributed by atoms with Crippen LogP contribution in [0.25, 0.3) is 0 Å². The lowest BCUT2D eigenvalue weighted by Gasteiger charge is -2.22. The summed E-state index contributed by atoms with van der Waals surface area (Å²) in [6.07, 6.45) is 0. The fraction of sp³-hybridized carbons (Fsp3) is 0.227. The third kappa shape index (κ3) is 4.22. The van der Waals surface area contributed by atoms with Gasteiger partial charge in [-0.3, -0.25) is 14.5 Å². The number of rotatable bonds is 6. The van der Waals surface area contributed by atoms with Crippen molar-refractivity contribution in [3.8, 4) is 0 Å². The molecule has 0 saturated carbocycles. The molecule has 32 heavy (non-hydrogen) atoms. The summed E-state index contributed by atoms with van der Waals surface area (Å²) >= 11 is 1.01. The molecule has 1 aliphatic rings. The standard InChI is InChI=1S/C22H20FN5O3S/c1-13-3-5-14(6-4-13)11-24-18(29)19-27-26-17(32-19)12-28-20(30)22(2,25-21(28)31)15-7-9-16(23)10-8-15/h3-10H,11-12H2,1-2H3,(H,24,29)(H,25,31). The van der Waals surface area contributed by atoms with Gasteiger partial charge in [0.2, 0.25) is 5.01 Å². The highest BCUT2D eigenvalue weighted by molar-refractivity contribution is 7.13. The minimum absolute atomic E-state index is 0.121. The summed E-state index contributed by atoms with van der Waals surface area (Å²) in [5, 5.41) is 13.7. The molecule has 3 aromatic rings. The monoisotopic (exact) mass is 453 g/mol. The van der Waals surface area contributed by atoms with Gasteiger partial charge < -0.3 is 10.6 Å². The van der Waals surface area contributed by atoms with Crippen molar-refractivity contribution >= 4 is 29.2 Å². The minimum atomic E-state index is -1.32. The number of aryl methyl sites for hydroxylation is 1. The number of carbonyl (C=O) groups excluding carboxylic acids is 3. The lowest BCUT2D eigenvalue weighted by Crippen LogP contribution is -2.40. The number of imide groups is 1. The van der Waals surface area contributed by atoms with Gasteiger partial charge in [-0.2, -0.15) is 0 Å². The molecular formula is C22H20FN5O3S.